The SMILES string of the molecule is Cc1ccnc2c1nc(C(C)Cl)n2C1CCC1. The zero-order valence-electron chi connectivity index (χ0n) is 10.2. The summed E-state index contributed by atoms with van der Waals surface area (Å²) in [6.45, 7) is 4.05. The summed E-state index contributed by atoms with van der Waals surface area (Å²) < 4.78 is 2.25. The standard InChI is InChI=1S/C13H16ClN3/c1-8-6-7-15-13-11(8)16-12(9(2)14)17(13)10-4-3-5-10/h6-7,9-10H,3-5H2,1-2H3. The van der Waals surface area contributed by atoms with Crippen LogP contribution < -0.4 is 0 Å². The maximum atomic E-state index is 6.25. The Hall–Kier alpha value is -1.09. The van der Waals surface area contributed by atoms with E-state index >= 15 is 0 Å². The van der Waals surface area contributed by atoms with Crippen LogP contribution in [0, 0.1) is 6.92 Å². The topological polar surface area (TPSA) is 30.7 Å². The Morgan fingerprint density at radius 3 is 2.82 bits per heavy atom. The molecule has 2 heterocycles. The first-order chi connectivity index (χ1) is 8.18. The fourth-order valence-corrected chi connectivity index (χ4v) is 2.57. The molecule has 1 unspecified atom stereocenters. The van der Waals surface area contributed by atoms with Gasteiger partial charge in [0, 0.05) is 12.2 Å². The number of hydrogen-bond donors (Lipinski definition) is 0. The first kappa shape index (κ1) is 11.0. The molecule has 1 fully saturated rings. The summed E-state index contributed by atoms with van der Waals surface area (Å²) in [6.07, 6.45) is 5.60. The molecule has 3 rings (SSSR count). The minimum atomic E-state index is -0.0656. The smallest absolute Gasteiger partial charge is 0.160 e. The van der Waals surface area contributed by atoms with Crippen molar-refractivity contribution in [2.45, 2.75) is 44.5 Å². The van der Waals surface area contributed by atoms with Crippen molar-refractivity contribution in [1.29, 1.82) is 0 Å². The molecule has 0 aliphatic heterocycles. The molecule has 3 nitrogen and oxygen atoms in total. The Kier molecular flexibility index (Phi) is 2.58. The number of aromatic nitrogens is 3. The van der Waals surface area contributed by atoms with Crippen LogP contribution in [0.1, 0.15) is 49.0 Å². The predicted molar refractivity (Wildman–Crippen MR) is 69.4 cm³/mol. The summed E-state index contributed by atoms with van der Waals surface area (Å²) in [5.41, 5.74) is 3.17. The second kappa shape index (κ2) is 3.98. The highest BCUT2D eigenvalue weighted by atomic mass is 35.5. The first-order valence-electron chi connectivity index (χ1n) is 6.16. The van der Waals surface area contributed by atoms with E-state index < -0.39 is 0 Å². The van der Waals surface area contributed by atoms with E-state index in [4.69, 9.17) is 11.6 Å². The second-order valence-corrected chi connectivity index (χ2v) is 5.50. The van der Waals surface area contributed by atoms with Gasteiger partial charge in [-0.2, -0.15) is 0 Å². The fraction of sp³-hybridized carbons (Fsp3) is 0.538. The maximum absolute atomic E-state index is 6.25. The van der Waals surface area contributed by atoms with Crippen molar-refractivity contribution in [1.82, 2.24) is 14.5 Å². The van der Waals surface area contributed by atoms with Crippen LogP contribution in [-0.4, -0.2) is 14.5 Å². The summed E-state index contributed by atoms with van der Waals surface area (Å²) >= 11 is 6.25. The van der Waals surface area contributed by atoms with Crippen molar-refractivity contribution >= 4 is 22.8 Å². The van der Waals surface area contributed by atoms with Crippen LogP contribution in [0.15, 0.2) is 12.3 Å². The van der Waals surface area contributed by atoms with E-state index in [1.165, 1.54) is 24.8 Å². The summed E-state index contributed by atoms with van der Waals surface area (Å²) in [5.74, 6) is 0.966. The largest absolute Gasteiger partial charge is 0.308 e. The van der Waals surface area contributed by atoms with Crippen LogP contribution >= 0.6 is 11.6 Å². The van der Waals surface area contributed by atoms with E-state index in [1.54, 1.807) is 0 Å². The molecule has 0 spiro atoms. The van der Waals surface area contributed by atoms with E-state index in [2.05, 4.69) is 21.5 Å². The van der Waals surface area contributed by atoms with Crippen LogP contribution in [0.25, 0.3) is 11.2 Å². The number of fused-ring (bicyclic) bond motifs is 1. The lowest BCUT2D eigenvalue weighted by atomic mass is 9.92. The van der Waals surface area contributed by atoms with Gasteiger partial charge in [-0.05, 0) is 44.7 Å². The number of halogens is 1. The highest BCUT2D eigenvalue weighted by Gasteiger charge is 2.27. The molecule has 4 heteroatoms. The number of nitrogens with zero attached hydrogens (tertiary/aromatic N) is 3. The third-order valence-corrected chi connectivity index (χ3v) is 3.80. The lowest BCUT2D eigenvalue weighted by Gasteiger charge is -2.29. The average molecular weight is 250 g/mol. The Bertz CT molecular complexity index is 555. The third-order valence-electron chi connectivity index (χ3n) is 3.60. The van der Waals surface area contributed by atoms with Crippen LogP contribution in [0.5, 0.6) is 0 Å². The van der Waals surface area contributed by atoms with Crippen molar-refractivity contribution in [2.24, 2.45) is 0 Å². The van der Waals surface area contributed by atoms with Crippen molar-refractivity contribution in [3.05, 3.63) is 23.7 Å². The molecule has 1 saturated carbocycles. The molecule has 1 aliphatic carbocycles. The van der Waals surface area contributed by atoms with Gasteiger partial charge in [-0.3, -0.25) is 0 Å². The zero-order chi connectivity index (χ0) is 12.0. The van der Waals surface area contributed by atoms with Crippen LogP contribution in [0.3, 0.4) is 0 Å². The number of pyridine rings is 1. The van der Waals surface area contributed by atoms with E-state index in [9.17, 15) is 0 Å². The Morgan fingerprint density at radius 1 is 1.47 bits per heavy atom. The van der Waals surface area contributed by atoms with Gasteiger partial charge in [0.2, 0.25) is 0 Å². The van der Waals surface area contributed by atoms with Crippen LogP contribution in [0.4, 0.5) is 0 Å². The molecule has 2 aromatic rings. The van der Waals surface area contributed by atoms with Gasteiger partial charge in [0.05, 0.1) is 5.38 Å². The molecule has 17 heavy (non-hydrogen) atoms. The Balaban J connectivity index is 2.27. The molecule has 0 amide bonds. The summed E-state index contributed by atoms with van der Waals surface area (Å²) in [4.78, 5) is 9.17. The van der Waals surface area contributed by atoms with Crippen LogP contribution in [-0.2, 0) is 0 Å². The lowest BCUT2D eigenvalue weighted by molar-refractivity contribution is 0.312. The molecular formula is C13H16ClN3. The molecule has 0 aromatic carbocycles. The molecule has 0 radical (unpaired) electrons. The summed E-state index contributed by atoms with van der Waals surface area (Å²) in [5, 5.41) is -0.0656. The van der Waals surface area contributed by atoms with E-state index in [-0.39, 0.29) is 5.38 Å². The molecule has 2 aromatic heterocycles. The molecule has 0 saturated heterocycles. The Morgan fingerprint density at radius 2 is 2.24 bits per heavy atom. The molecule has 1 atom stereocenters. The highest BCUT2D eigenvalue weighted by molar-refractivity contribution is 6.20. The number of alkyl halides is 1. The van der Waals surface area contributed by atoms with Crippen LogP contribution in [0.2, 0.25) is 0 Å². The van der Waals surface area contributed by atoms with E-state index in [1.807, 2.05) is 19.2 Å². The minimum Gasteiger partial charge on any atom is -0.308 e. The molecule has 0 bridgehead atoms. The van der Waals surface area contributed by atoms with Gasteiger partial charge >= 0.3 is 0 Å². The highest BCUT2D eigenvalue weighted by Crippen LogP contribution is 2.37. The van der Waals surface area contributed by atoms with Gasteiger partial charge in [0.1, 0.15) is 11.3 Å². The van der Waals surface area contributed by atoms with E-state index in [0.29, 0.717) is 6.04 Å². The van der Waals surface area contributed by atoms with Gasteiger partial charge in [-0.1, -0.05) is 0 Å². The third kappa shape index (κ3) is 1.64. The summed E-state index contributed by atoms with van der Waals surface area (Å²) in [7, 11) is 0. The van der Waals surface area contributed by atoms with Gasteiger partial charge in [0.15, 0.2) is 5.65 Å². The van der Waals surface area contributed by atoms with Gasteiger partial charge < -0.3 is 4.57 Å². The lowest BCUT2D eigenvalue weighted by Crippen LogP contribution is -2.19. The summed E-state index contributed by atoms with van der Waals surface area (Å²) in [6, 6.07) is 2.55. The van der Waals surface area contributed by atoms with Crippen molar-refractivity contribution in [3.63, 3.8) is 0 Å². The van der Waals surface area contributed by atoms with Gasteiger partial charge in [-0.15, -0.1) is 11.6 Å². The normalized spacial score (nSPS) is 18.3. The molecular weight excluding hydrogens is 234 g/mol. The maximum Gasteiger partial charge on any atom is 0.160 e. The van der Waals surface area contributed by atoms with Crippen molar-refractivity contribution < 1.29 is 0 Å². The Labute approximate surface area is 106 Å². The van der Waals surface area contributed by atoms with Crippen molar-refractivity contribution in [3.8, 4) is 0 Å². The van der Waals surface area contributed by atoms with E-state index in [0.717, 1.165) is 17.0 Å². The number of imidazole rings is 1. The monoisotopic (exact) mass is 249 g/mol. The minimum absolute atomic E-state index is 0.0656. The number of aryl methyl sites for hydroxylation is 1. The first-order valence-corrected chi connectivity index (χ1v) is 6.59. The van der Waals surface area contributed by atoms with Crippen molar-refractivity contribution in [2.75, 3.05) is 0 Å². The number of rotatable bonds is 2. The number of hydrogen-bond acceptors (Lipinski definition) is 2. The fourth-order valence-electron chi connectivity index (χ4n) is 2.41. The molecule has 1 aliphatic rings. The zero-order valence-corrected chi connectivity index (χ0v) is 10.9. The molecule has 90 valence electrons. The second-order valence-electron chi connectivity index (χ2n) is 4.84. The average Bonchev–Trinajstić information content (AvgIpc) is 2.57. The van der Waals surface area contributed by atoms with Gasteiger partial charge in [0.25, 0.3) is 0 Å². The quantitative estimate of drug-likeness (QED) is 0.759. The molecule has 0 N–H and O–H groups in total. The van der Waals surface area contributed by atoms with Gasteiger partial charge in [-0.25, -0.2) is 9.97 Å². The predicted octanol–water partition coefficient (Wildman–Crippen LogP) is 3.76.